The predicted octanol–water partition coefficient (Wildman–Crippen LogP) is 2.08. The summed E-state index contributed by atoms with van der Waals surface area (Å²) in [6.07, 6.45) is 3.02. The Labute approximate surface area is 104 Å². The van der Waals surface area contributed by atoms with Gasteiger partial charge in [-0.1, -0.05) is 0 Å². The molecule has 2 aliphatic rings. The molecular weight excluding hydrogens is 346 g/mol. The fourth-order valence-corrected chi connectivity index (χ4v) is 7.47. The van der Waals surface area contributed by atoms with Gasteiger partial charge in [-0.25, -0.2) is 0 Å². The fraction of sp³-hybridized carbons (Fsp3) is 0. The van der Waals surface area contributed by atoms with Gasteiger partial charge in [-0.3, -0.25) is 0 Å². The van der Waals surface area contributed by atoms with Gasteiger partial charge in [0.2, 0.25) is 0 Å². The van der Waals surface area contributed by atoms with Gasteiger partial charge >= 0.3 is 105 Å². The molecule has 0 bridgehead atoms. The first-order chi connectivity index (χ1) is 6.90. The van der Waals surface area contributed by atoms with Gasteiger partial charge in [0.1, 0.15) is 0 Å². The van der Waals surface area contributed by atoms with Crippen LogP contribution in [0.5, 0.6) is 0 Å². The van der Waals surface area contributed by atoms with Crippen LogP contribution in [0.4, 0.5) is 0 Å². The van der Waals surface area contributed by atoms with E-state index in [9.17, 15) is 4.79 Å². The maximum absolute atomic E-state index is 10.9. The number of carbonyl (C=O) groups is 1. The Hall–Kier alpha value is 0.369. The molecule has 0 amide bonds. The topological polar surface area (TPSA) is 17.1 Å². The van der Waals surface area contributed by atoms with Crippen molar-refractivity contribution in [1.82, 2.24) is 0 Å². The number of hydrogen-bond acceptors (Lipinski definition) is 3. The van der Waals surface area contributed by atoms with Crippen molar-refractivity contribution in [3.8, 4) is 0 Å². The summed E-state index contributed by atoms with van der Waals surface area (Å²) in [4.78, 5) is 15.3. The van der Waals surface area contributed by atoms with Crippen molar-refractivity contribution in [2.45, 2.75) is 0 Å². The summed E-state index contributed by atoms with van der Waals surface area (Å²) in [5, 5.41) is 4.10. The first-order valence-corrected chi connectivity index (χ1v) is 9.23. The number of thioether (sulfide) groups is 2. The van der Waals surface area contributed by atoms with Crippen molar-refractivity contribution in [2.24, 2.45) is 0 Å². The molecule has 0 saturated heterocycles. The third-order valence-electron chi connectivity index (χ3n) is 1.47. The van der Waals surface area contributed by atoms with Crippen molar-refractivity contribution in [2.75, 3.05) is 0 Å². The minimum atomic E-state index is 0.425. The number of carbonyl (C=O) groups excluding carboxylic acids is 1. The summed E-state index contributed by atoms with van der Waals surface area (Å²) in [6.45, 7) is 0. The Morgan fingerprint density at radius 1 is 1.21 bits per heavy atom. The molecule has 0 spiro atoms. The van der Waals surface area contributed by atoms with Gasteiger partial charge in [-0.2, -0.15) is 0 Å². The first-order valence-electron chi connectivity index (χ1n) is 3.78. The number of aldehydes is 1. The summed E-state index contributed by atoms with van der Waals surface area (Å²) >= 11 is 4.23. The Morgan fingerprint density at radius 2 is 1.86 bits per heavy atom. The SMILES string of the molecule is O=CC(C=C1SC=CS1)=C1[Se]C=C[Se]1. The van der Waals surface area contributed by atoms with Crippen LogP contribution in [0, 0.1) is 0 Å². The van der Waals surface area contributed by atoms with Crippen molar-refractivity contribution in [1.29, 1.82) is 0 Å². The van der Waals surface area contributed by atoms with E-state index in [1.165, 1.54) is 7.61 Å². The van der Waals surface area contributed by atoms with Crippen LogP contribution in [-0.2, 0) is 4.79 Å². The van der Waals surface area contributed by atoms with Gasteiger partial charge in [0.15, 0.2) is 0 Å². The van der Waals surface area contributed by atoms with Crippen LogP contribution in [0.25, 0.3) is 0 Å². The van der Waals surface area contributed by atoms with E-state index in [0.717, 1.165) is 11.9 Å². The third kappa shape index (κ3) is 2.69. The van der Waals surface area contributed by atoms with Gasteiger partial charge in [-0.15, -0.1) is 0 Å². The molecule has 0 atom stereocenters. The normalized spacial score (nSPS) is 19.1. The zero-order valence-corrected chi connectivity index (χ0v) is 12.1. The second kappa shape index (κ2) is 5.45. The summed E-state index contributed by atoms with van der Waals surface area (Å²) in [5.74, 6) is 0. The van der Waals surface area contributed by atoms with E-state index in [4.69, 9.17) is 0 Å². The zero-order valence-electron chi connectivity index (χ0n) is 7.01. The van der Waals surface area contributed by atoms with E-state index in [1.54, 1.807) is 23.5 Å². The molecule has 0 fully saturated rings. The van der Waals surface area contributed by atoms with Crippen molar-refractivity contribution in [3.05, 3.63) is 40.0 Å². The quantitative estimate of drug-likeness (QED) is 0.430. The number of allylic oxidation sites excluding steroid dienone is 2. The van der Waals surface area contributed by atoms with E-state index in [2.05, 4.69) is 9.95 Å². The molecule has 72 valence electrons. The molecule has 0 unspecified atom stereocenters. The van der Waals surface area contributed by atoms with Gasteiger partial charge < -0.3 is 0 Å². The van der Waals surface area contributed by atoms with Gasteiger partial charge in [0, 0.05) is 0 Å². The van der Waals surface area contributed by atoms with Gasteiger partial charge in [0.25, 0.3) is 0 Å². The number of rotatable bonds is 2. The van der Waals surface area contributed by atoms with Gasteiger partial charge in [0.05, 0.1) is 0 Å². The number of hydrogen-bond donors (Lipinski definition) is 0. The molecule has 2 rings (SSSR count). The molecule has 14 heavy (non-hydrogen) atoms. The van der Waals surface area contributed by atoms with Crippen LogP contribution >= 0.6 is 23.5 Å². The molecule has 0 N–H and O–H groups in total. The molecule has 0 aromatic heterocycles. The van der Waals surface area contributed by atoms with Gasteiger partial charge in [-0.05, 0) is 0 Å². The second-order valence-electron chi connectivity index (χ2n) is 2.34. The maximum atomic E-state index is 10.9. The van der Waals surface area contributed by atoms with Crippen molar-refractivity contribution < 1.29 is 4.79 Å². The van der Waals surface area contributed by atoms with E-state index < -0.39 is 0 Å². The molecule has 5 heteroatoms. The van der Waals surface area contributed by atoms with Crippen LogP contribution in [0.15, 0.2) is 40.0 Å². The minimum absolute atomic E-state index is 0.425. The molecule has 1 nitrogen and oxygen atoms in total. The summed E-state index contributed by atoms with van der Waals surface area (Å²) in [5.41, 5.74) is 0.911. The summed E-state index contributed by atoms with van der Waals surface area (Å²) < 4.78 is 2.57. The van der Waals surface area contributed by atoms with Crippen LogP contribution in [0.2, 0.25) is 0 Å². The molecule has 0 aromatic carbocycles. The average molecular weight is 352 g/mol. The Kier molecular flexibility index (Phi) is 4.23. The van der Waals surface area contributed by atoms with Crippen LogP contribution in [0.1, 0.15) is 0 Å². The zero-order chi connectivity index (χ0) is 9.80. The fourth-order valence-electron chi connectivity index (χ4n) is 0.897. The van der Waals surface area contributed by atoms with Crippen LogP contribution in [0.3, 0.4) is 0 Å². The average Bonchev–Trinajstić information content (AvgIpc) is 2.86. The van der Waals surface area contributed by atoms with E-state index in [0.29, 0.717) is 29.9 Å². The van der Waals surface area contributed by atoms with E-state index in [1.807, 2.05) is 16.9 Å². The van der Waals surface area contributed by atoms with Crippen molar-refractivity contribution >= 4 is 59.7 Å². The summed E-state index contributed by atoms with van der Waals surface area (Å²) in [6, 6.07) is 0. The predicted molar refractivity (Wildman–Crippen MR) is 66.1 cm³/mol. The van der Waals surface area contributed by atoms with E-state index in [-0.39, 0.29) is 0 Å². The Morgan fingerprint density at radius 3 is 2.43 bits per heavy atom. The molecule has 2 aliphatic heterocycles. The Balaban J connectivity index is 2.17. The molecule has 0 aliphatic carbocycles. The van der Waals surface area contributed by atoms with Crippen molar-refractivity contribution in [3.63, 3.8) is 0 Å². The molecule has 0 saturated carbocycles. The Bertz CT molecular complexity index is 349. The van der Waals surface area contributed by atoms with Crippen LogP contribution in [-0.4, -0.2) is 36.2 Å². The van der Waals surface area contributed by atoms with E-state index >= 15 is 0 Å². The van der Waals surface area contributed by atoms with Crippen LogP contribution < -0.4 is 0 Å². The first kappa shape index (κ1) is 10.9. The molecule has 2 heterocycles. The standard InChI is InChI=1S/C9H6OS2Se2/c10-6-7(9-13-3-4-14-9)5-8-11-1-2-12-8/h1-6H. The molecule has 0 radical (unpaired) electrons. The monoisotopic (exact) mass is 354 g/mol. The molecular formula is C9H6OS2Se2. The second-order valence-corrected chi connectivity index (χ2v) is 9.65. The molecule has 0 aromatic rings. The summed E-state index contributed by atoms with van der Waals surface area (Å²) in [7, 11) is 0. The third-order valence-corrected chi connectivity index (χ3v) is 9.46.